The Balaban J connectivity index is 2.07. The molecule has 0 saturated heterocycles. The molecule has 14 heavy (non-hydrogen) atoms. The van der Waals surface area contributed by atoms with E-state index in [-0.39, 0.29) is 0 Å². The van der Waals surface area contributed by atoms with Gasteiger partial charge in [-0.2, -0.15) is 0 Å². The van der Waals surface area contributed by atoms with E-state index in [0.29, 0.717) is 6.04 Å². The van der Waals surface area contributed by atoms with Crippen LogP contribution in [0.2, 0.25) is 0 Å². The summed E-state index contributed by atoms with van der Waals surface area (Å²) in [6.45, 7) is 5.65. The maximum atomic E-state index is 3.55. The second-order valence-electron chi connectivity index (χ2n) is 3.75. The third-order valence-corrected chi connectivity index (χ3v) is 3.51. The normalized spacial score (nSPS) is 13.0. The SMILES string of the molecule is CCCCCCN[C@@H](C)c1cccs1. The van der Waals surface area contributed by atoms with Crippen LogP contribution in [0.15, 0.2) is 17.5 Å². The van der Waals surface area contributed by atoms with Crippen molar-refractivity contribution in [1.29, 1.82) is 0 Å². The average molecular weight is 211 g/mol. The molecule has 2 heteroatoms. The second-order valence-corrected chi connectivity index (χ2v) is 4.73. The largest absolute Gasteiger partial charge is 0.309 e. The Morgan fingerprint density at radius 3 is 2.86 bits per heavy atom. The fourth-order valence-electron chi connectivity index (χ4n) is 1.51. The van der Waals surface area contributed by atoms with Crippen molar-refractivity contribution >= 4 is 11.3 Å². The van der Waals surface area contributed by atoms with Crippen LogP contribution in [-0.4, -0.2) is 6.54 Å². The maximum Gasteiger partial charge on any atom is 0.0386 e. The first-order chi connectivity index (χ1) is 6.84. The fourth-order valence-corrected chi connectivity index (χ4v) is 2.27. The van der Waals surface area contributed by atoms with Crippen molar-refractivity contribution in [1.82, 2.24) is 5.32 Å². The Hall–Kier alpha value is -0.340. The van der Waals surface area contributed by atoms with Gasteiger partial charge in [-0.25, -0.2) is 0 Å². The van der Waals surface area contributed by atoms with Gasteiger partial charge >= 0.3 is 0 Å². The third-order valence-electron chi connectivity index (χ3n) is 2.45. The van der Waals surface area contributed by atoms with Crippen LogP contribution < -0.4 is 5.32 Å². The Kier molecular flexibility index (Phi) is 5.88. The van der Waals surface area contributed by atoms with Crippen LogP contribution in [0, 0.1) is 0 Å². The predicted molar refractivity (Wildman–Crippen MR) is 64.9 cm³/mol. The molecule has 0 fully saturated rings. The minimum absolute atomic E-state index is 0.525. The third kappa shape index (κ3) is 4.25. The molecule has 80 valence electrons. The molecule has 0 unspecified atom stereocenters. The number of thiophene rings is 1. The van der Waals surface area contributed by atoms with E-state index in [1.54, 1.807) is 0 Å². The van der Waals surface area contributed by atoms with Gasteiger partial charge in [0, 0.05) is 10.9 Å². The van der Waals surface area contributed by atoms with E-state index in [1.165, 1.54) is 30.6 Å². The summed E-state index contributed by atoms with van der Waals surface area (Å²) in [5.74, 6) is 0. The van der Waals surface area contributed by atoms with Crippen molar-refractivity contribution in [2.75, 3.05) is 6.54 Å². The molecule has 1 nitrogen and oxygen atoms in total. The maximum absolute atomic E-state index is 3.55. The zero-order chi connectivity index (χ0) is 10.2. The first-order valence-electron chi connectivity index (χ1n) is 5.61. The molecule has 0 aliphatic heterocycles. The highest BCUT2D eigenvalue weighted by Gasteiger charge is 2.03. The minimum atomic E-state index is 0.525. The van der Waals surface area contributed by atoms with Gasteiger partial charge in [0.2, 0.25) is 0 Å². The number of hydrogen-bond acceptors (Lipinski definition) is 2. The number of rotatable bonds is 7. The molecule has 1 N–H and O–H groups in total. The molecular weight excluding hydrogens is 190 g/mol. The minimum Gasteiger partial charge on any atom is -0.309 e. The lowest BCUT2D eigenvalue weighted by Crippen LogP contribution is -2.18. The summed E-state index contributed by atoms with van der Waals surface area (Å²) >= 11 is 1.84. The van der Waals surface area contributed by atoms with Crippen LogP contribution in [0.5, 0.6) is 0 Å². The van der Waals surface area contributed by atoms with Crippen molar-refractivity contribution in [2.24, 2.45) is 0 Å². The Morgan fingerprint density at radius 1 is 1.36 bits per heavy atom. The summed E-state index contributed by atoms with van der Waals surface area (Å²) in [6.07, 6.45) is 5.36. The van der Waals surface area contributed by atoms with Crippen molar-refractivity contribution in [2.45, 2.75) is 45.6 Å². The zero-order valence-corrected chi connectivity index (χ0v) is 10.1. The zero-order valence-electron chi connectivity index (χ0n) is 9.25. The topological polar surface area (TPSA) is 12.0 Å². The van der Waals surface area contributed by atoms with E-state index in [1.807, 2.05) is 11.3 Å². The first-order valence-corrected chi connectivity index (χ1v) is 6.49. The fraction of sp³-hybridized carbons (Fsp3) is 0.667. The van der Waals surface area contributed by atoms with Gasteiger partial charge < -0.3 is 5.32 Å². The van der Waals surface area contributed by atoms with Gasteiger partial charge in [0.25, 0.3) is 0 Å². The lowest BCUT2D eigenvalue weighted by molar-refractivity contribution is 0.542. The first kappa shape index (κ1) is 11.7. The van der Waals surface area contributed by atoms with Gasteiger partial charge in [-0.3, -0.25) is 0 Å². The van der Waals surface area contributed by atoms with Gasteiger partial charge in [0.1, 0.15) is 0 Å². The monoisotopic (exact) mass is 211 g/mol. The summed E-state index contributed by atoms with van der Waals surface area (Å²) in [7, 11) is 0. The van der Waals surface area contributed by atoms with Gasteiger partial charge in [-0.1, -0.05) is 32.3 Å². The molecule has 1 atom stereocenters. The molecular formula is C12H21NS. The molecule has 0 saturated carbocycles. The highest BCUT2D eigenvalue weighted by atomic mass is 32.1. The Labute approximate surface area is 91.5 Å². The molecule has 0 spiro atoms. The molecule has 0 aromatic carbocycles. The molecule has 1 rings (SSSR count). The summed E-state index contributed by atoms with van der Waals surface area (Å²) < 4.78 is 0. The van der Waals surface area contributed by atoms with E-state index in [9.17, 15) is 0 Å². The van der Waals surface area contributed by atoms with Crippen molar-refractivity contribution < 1.29 is 0 Å². The summed E-state index contributed by atoms with van der Waals surface area (Å²) in [4.78, 5) is 1.44. The molecule has 0 amide bonds. The van der Waals surface area contributed by atoms with E-state index >= 15 is 0 Å². The summed E-state index contributed by atoms with van der Waals surface area (Å²) in [5.41, 5.74) is 0. The number of hydrogen-bond donors (Lipinski definition) is 1. The van der Waals surface area contributed by atoms with E-state index in [0.717, 1.165) is 6.54 Å². The number of unbranched alkanes of at least 4 members (excludes halogenated alkanes) is 3. The highest BCUT2D eigenvalue weighted by molar-refractivity contribution is 7.10. The van der Waals surface area contributed by atoms with Gasteiger partial charge in [0.05, 0.1) is 0 Å². The lowest BCUT2D eigenvalue weighted by atomic mass is 10.2. The average Bonchev–Trinajstić information content (AvgIpc) is 2.70. The summed E-state index contributed by atoms with van der Waals surface area (Å²) in [6, 6.07) is 4.85. The highest BCUT2D eigenvalue weighted by Crippen LogP contribution is 2.17. The molecule has 1 aromatic heterocycles. The Bertz CT molecular complexity index is 218. The van der Waals surface area contributed by atoms with Crippen LogP contribution >= 0.6 is 11.3 Å². The van der Waals surface area contributed by atoms with E-state index in [2.05, 4.69) is 36.7 Å². The van der Waals surface area contributed by atoms with Crippen LogP contribution in [0.1, 0.15) is 50.4 Å². The molecule has 0 aliphatic rings. The molecule has 0 aliphatic carbocycles. The molecule has 1 heterocycles. The molecule has 0 bridgehead atoms. The van der Waals surface area contributed by atoms with E-state index in [4.69, 9.17) is 0 Å². The Morgan fingerprint density at radius 2 is 2.21 bits per heavy atom. The van der Waals surface area contributed by atoms with Gasteiger partial charge in [-0.15, -0.1) is 11.3 Å². The van der Waals surface area contributed by atoms with Crippen LogP contribution in [0.4, 0.5) is 0 Å². The van der Waals surface area contributed by atoms with Gasteiger partial charge in [-0.05, 0) is 31.3 Å². The van der Waals surface area contributed by atoms with Crippen molar-refractivity contribution in [3.8, 4) is 0 Å². The van der Waals surface area contributed by atoms with Gasteiger partial charge in [0.15, 0.2) is 0 Å². The predicted octanol–water partition coefficient (Wildman–Crippen LogP) is 3.98. The summed E-state index contributed by atoms with van der Waals surface area (Å²) in [5, 5.41) is 5.70. The van der Waals surface area contributed by atoms with Crippen molar-refractivity contribution in [3.63, 3.8) is 0 Å². The second kappa shape index (κ2) is 7.02. The van der Waals surface area contributed by atoms with Crippen LogP contribution in [0.25, 0.3) is 0 Å². The quantitative estimate of drug-likeness (QED) is 0.673. The molecule has 0 radical (unpaired) electrons. The van der Waals surface area contributed by atoms with E-state index < -0.39 is 0 Å². The van der Waals surface area contributed by atoms with Crippen LogP contribution in [0.3, 0.4) is 0 Å². The number of nitrogens with one attached hydrogen (secondary N) is 1. The molecule has 1 aromatic rings. The smallest absolute Gasteiger partial charge is 0.0386 e. The van der Waals surface area contributed by atoms with Crippen LogP contribution in [-0.2, 0) is 0 Å². The van der Waals surface area contributed by atoms with Crippen molar-refractivity contribution in [3.05, 3.63) is 22.4 Å². The lowest BCUT2D eigenvalue weighted by Gasteiger charge is -2.11. The standard InChI is InChI=1S/C12H21NS/c1-3-4-5-6-9-13-11(2)12-8-7-10-14-12/h7-8,10-11,13H,3-6,9H2,1-2H3/t11-/m0/s1.